The molecule has 1 saturated carbocycles. The van der Waals surface area contributed by atoms with E-state index in [2.05, 4.69) is 11.6 Å². The van der Waals surface area contributed by atoms with Gasteiger partial charge in [0.05, 0.1) is 0 Å². The predicted octanol–water partition coefficient (Wildman–Crippen LogP) is 0.417. The molecule has 0 aromatic carbocycles. The minimum absolute atomic E-state index is 0.641. The summed E-state index contributed by atoms with van der Waals surface area (Å²) in [5, 5.41) is 8.19. The monoisotopic (exact) mass is 151 g/mol. The molecule has 0 unspecified atom stereocenters. The first-order valence-corrected chi connectivity index (χ1v) is 3.31. The molecule has 9 heavy (non-hydrogen) atoms. The molecule has 1 aliphatic rings. The van der Waals surface area contributed by atoms with E-state index >= 15 is 0 Å². The molecule has 4 heteroatoms. The molecule has 1 fully saturated rings. The first kappa shape index (κ1) is 8.72. The van der Waals surface area contributed by atoms with Gasteiger partial charge in [0.2, 0.25) is 0 Å². The molecule has 0 aromatic rings. The van der Waals surface area contributed by atoms with Gasteiger partial charge in [0.15, 0.2) is 0 Å². The van der Waals surface area contributed by atoms with Crippen molar-refractivity contribution in [3.8, 4) is 0 Å². The van der Waals surface area contributed by atoms with Crippen LogP contribution in [0.4, 0.5) is 0 Å². The molecule has 54 valence electrons. The number of hydrogen-bond donors (Lipinski definition) is 2. The summed E-state index contributed by atoms with van der Waals surface area (Å²) in [4.78, 5) is 9.96. The Morgan fingerprint density at radius 3 is 2.00 bits per heavy atom. The van der Waals surface area contributed by atoms with Crippen molar-refractivity contribution in [2.45, 2.75) is 18.4 Å². The maximum atomic E-state index is 9.96. The van der Waals surface area contributed by atoms with Gasteiger partial charge in [-0.3, -0.25) is 4.79 Å². The van der Waals surface area contributed by atoms with E-state index in [-0.39, 0.29) is 0 Å². The highest BCUT2D eigenvalue weighted by molar-refractivity contribution is 6.15. The second-order valence-corrected chi connectivity index (χ2v) is 1.96. The van der Waals surface area contributed by atoms with Gasteiger partial charge in [-0.1, -0.05) is 0 Å². The van der Waals surface area contributed by atoms with Crippen molar-refractivity contribution in [1.82, 2.24) is 0 Å². The zero-order valence-electron chi connectivity index (χ0n) is 5.22. The predicted molar refractivity (Wildman–Crippen MR) is 35.6 cm³/mol. The van der Waals surface area contributed by atoms with Gasteiger partial charge in [-0.15, -0.1) is 11.6 Å². The minimum atomic E-state index is -0.868. The van der Waals surface area contributed by atoms with Crippen LogP contribution in [0.15, 0.2) is 0 Å². The summed E-state index contributed by atoms with van der Waals surface area (Å²) in [5.74, 6) is -0.868. The topological polar surface area (TPSA) is 63.3 Å². The van der Waals surface area contributed by atoms with Gasteiger partial charge in [-0.2, -0.15) is 0 Å². The molecule has 0 aromatic heterocycles. The third kappa shape index (κ3) is 2.20. The van der Waals surface area contributed by atoms with Gasteiger partial charge in [0.25, 0.3) is 0 Å². The number of halogens is 1. The Labute approximate surface area is 58.8 Å². The summed E-state index contributed by atoms with van der Waals surface area (Å²) in [6.45, 7) is 0. The summed E-state index contributed by atoms with van der Waals surface area (Å²) >= 11 is 4.64. The number of carbonyl (C=O) groups is 1. The van der Waals surface area contributed by atoms with Crippen molar-refractivity contribution >= 4 is 17.6 Å². The van der Waals surface area contributed by atoms with Crippen LogP contribution in [0.2, 0.25) is 0 Å². The number of nitrogens with two attached hydrogens (primary N) is 1. The van der Waals surface area contributed by atoms with E-state index in [1.807, 2.05) is 0 Å². The molecule has 3 N–H and O–H groups in total. The molecule has 3 nitrogen and oxygen atoms in total. The van der Waals surface area contributed by atoms with Crippen molar-refractivity contribution in [2.75, 3.05) is 6.38 Å². The Morgan fingerprint density at radius 2 is 2.00 bits per heavy atom. The zero-order chi connectivity index (χ0) is 7.49. The third-order valence-corrected chi connectivity index (χ3v) is 1.21. The average Bonchev–Trinajstić information content (AvgIpc) is 2.55. The quantitative estimate of drug-likeness (QED) is 0.534. The summed E-state index contributed by atoms with van der Waals surface area (Å²) in [7, 11) is 0. The number of carboxylic acids is 1. The highest BCUT2D eigenvalue weighted by Gasteiger charge is 2.46. The first-order chi connectivity index (χ1) is 4.15. The minimum Gasteiger partial charge on any atom is -0.480 e. The largest absolute Gasteiger partial charge is 0.480 e. The zero-order valence-corrected chi connectivity index (χ0v) is 5.98. The standard InChI is InChI=1S/C4H7NO2.CH3Cl/c5-4(1-2-4)3(6)7;1-2/h1-2,5H2,(H,6,7);1H3. The van der Waals surface area contributed by atoms with Crippen LogP contribution >= 0.6 is 11.6 Å². The van der Waals surface area contributed by atoms with Gasteiger partial charge >= 0.3 is 5.97 Å². The van der Waals surface area contributed by atoms with Gasteiger partial charge in [0, 0.05) is 6.38 Å². The van der Waals surface area contributed by atoms with Gasteiger partial charge < -0.3 is 10.8 Å². The molecule has 1 rings (SSSR count). The van der Waals surface area contributed by atoms with Crippen LogP contribution in [0.25, 0.3) is 0 Å². The van der Waals surface area contributed by atoms with E-state index < -0.39 is 11.5 Å². The Bertz CT molecular complexity index is 112. The fraction of sp³-hybridized carbons (Fsp3) is 0.800. The molecule has 0 saturated heterocycles. The molecular weight excluding hydrogens is 142 g/mol. The van der Waals surface area contributed by atoms with Crippen LogP contribution in [0.3, 0.4) is 0 Å². The molecule has 0 radical (unpaired) electrons. The maximum absolute atomic E-state index is 9.96. The van der Waals surface area contributed by atoms with E-state index in [1.54, 1.807) is 0 Å². The van der Waals surface area contributed by atoms with Crippen LogP contribution in [-0.4, -0.2) is 23.0 Å². The summed E-state index contributed by atoms with van der Waals surface area (Å²) in [6, 6.07) is 0. The lowest BCUT2D eigenvalue weighted by molar-refractivity contribution is -0.139. The number of hydrogen-bond acceptors (Lipinski definition) is 2. The van der Waals surface area contributed by atoms with Gasteiger partial charge in [0.1, 0.15) is 5.54 Å². The molecule has 0 amide bonds. The van der Waals surface area contributed by atoms with Crippen LogP contribution in [0.5, 0.6) is 0 Å². The van der Waals surface area contributed by atoms with Crippen molar-refractivity contribution < 1.29 is 9.90 Å². The second-order valence-electron chi connectivity index (χ2n) is 1.96. The number of aliphatic carboxylic acids is 1. The van der Waals surface area contributed by atoms with E-state index in [0.29, 0.717) is 12.8 Å². The van der Waals surface area contributed by atoms with Crippen LogP contribution < -0.4 is 5.73 Å². The van der Waals surface area contributed by atoms with Crippen molar-refractivity contribution in [3.63, 3.8) is 0 Å². The van der Waals surface area contributed by atoms with Gasteiger partial charge in [-0.05, 0) is 12.8 Å². The molecular formula is C5H10ClNO2. The number of carboxylic acid groups (broad SMARTS) is 1. The molecule has 0 heterocycles. The lowest BCUT2D eigenvalue weighted by Gasteiger charge is -1.95. The van der Waals surface area contributed by atoms with Crippen molar-refractivity contribution in [3.05, 3.63) is 0 Å². The van der Waals surface area contributed by atoms with Crippen LogP contribution in [-0.2, 0) is 4.79 Å². The molecule has 0 bridgehead atoms. The normalized spacial score (nSPS) is 19.4. The maximum Gasteiger partial charge on any atom is 0.323 e. The third-order valence-electron chi connectivity index (χ3n) is 1.21. The Balaban J connectivity index is 0.000000291. The first-order valence-electron chi connectivity index (χ1n) is 2.55. The molecule has 0 atom stereocenters. The fourth-order valence-corrected chi connectivity index (χ4v) is 0.349. The molecule has 0 aliphatic heterocycles. The number of alkyl halides is 1. The summed E-state index contributed by atoms with van der Waals surface area (Å²) in [5.41, 5.74) is 4.36. The van der Waals surface area contributed by atoms with Crippen molar-refractivity contribution in [1.29, 1.82) is 0 Å². The van der Waals surface area contributed by atoms with E-state index in [9.17, 15) is 4.79 Å². The van der Waals surface area contributed by atoms with Gasteiger partial charge in [-0.25, -0.2) is 0 Å². The Kier molecular flexibility index (Phi) is 2.94. The van der Waals surface area contributed by atoms with Crippen LogP contribution in [0.1, 0.15) is 12.8 Å². The Morgan fingerprint density at radius 1 is 1.67 bits per heavy atom. The number of rotatable bonds is 1. The lowest BCUT2D eigenvalue weighted by atomic mass is 10.3. The molecule has 0 spiro atoms. The fourth-order valence-electron chi connectivity index (χ4n) is 0.349. The van der Waals surface area contributed by atoms with E-state index in [0.717, 1.165) is 0 Å². The molecule has 1 aliphatic carbocycles. The Hall–Kier alpha value is -0.280. The SMILES string of the molecule is CCl.NC1(C(=O)O)CC1. The lowest BCUT2D eigenvalue weighted by Crippen LogP contribution is -2.31. The van der Waals surface area contributed by atoms with Crippen LogP contribution in [0, 0.1) is 0 Å². The summed E-state index contributed by atoms with van der Waals surface area (Å²) in [6.07, 6.45) is 2.75. The highest BCUT2D eigenvalue weighted by atomic mass is 35.5. The van der Waals surface area contributed by atoms with E-state index in [1.165, 1.54) is 6.38 Å². The van der Waals surface area contributed by atoms with E-state index in [4.69, 9.17) is 10.8 Å². The highest BCUT2D eigenvalue weighted by Crippen LogP contribution is 2.31. The van der Waals surface area contributed by atoms with Crippen molar-refractivity contribution in [2.24, 2.45) is 5.73 Å². The summed E-state index contributed by atoms with van der Waals surface area (Å²) < 4.78 is 0. The average molecular weight is 152 g/mol. The smallest absolute Gasteiger partial charge is 0.323 e. The second kappa shape index (κ2) is 3.03.